The van der Waals surface area contributed by atoms with E-state index in [-0.39, 0.29) is 22.6 Å². The Morgan fingerprint density at radius 2 is 1.63 bits per heavy atom. The monoisotopic (exact) mass is 437 g/mol. The van der Waals surface area contributed by atoms with Crippen LogP contribution in [0.5, 0.6) is 0 Å². The molecular weight excluding hydrogens is 418 g/mol. The number of hydrogen-bond donors (Lipinski definition) is 1. The number of nitrogens with one attached hydrogen (secondary N) is 1. The van der Waals surface area contributed by atoms with E-state index in [2.05, 4.69) is 4.98 Å². The van der Waals surface area contributed by atoms with Crippen LogP contribution in [-0.2, 0) is 9.59 Å². The van der Waals surface area contributed by atoms with Gasteiger partial charge in [-0.25, -0.2) is 4.90 Å². The largest absolute Gasteiger partial charge is 0.378 e. The summed E-state index contributed by atoms with van der Waals surface area (Å²) < 4.78 is 0. The molecule has 1 aromatic heterocycles. The minimum Gasteiger partial charge on any atom is -0.378 e. The highest BCUT2D eigenvalue weighted by molar-refractivity contribution is 8.00. The quantitative estimate of drug-likeness (QED) is 0.637. The second-order valence-corrected chi connectivity index (χ2v) is 9.75. The zero-order valence-corrected chi connectivity index (χ0v) is 18.0. The molecule has 3 heterocycles. The second kappa shape index (κ2) is 7.14. The van der Waals surface area contributed by atoms with Crippen LogP contribution in [-0.4, -0.2) is 36.1 Å². The summed E-state index contributed by atoms with van der Waals surface area (Å²) in [7, 11) is 3.93. The normalized spacial score (nSPS) is 22.7. The van der Waals surface area contributed by atoms with Crippen molar-refractivity contribution in [2.24, 2.45) is 5.92 Å². The van der Waals surface area contributed by atoms with E-state index in [1.54, 1.807) is 12.1 Å². The summed E-state index contributed by atoms with van der Waals surface area (Å²) in [6, 6.07) is 17.0. The van der Waals surface area contributed by atoms with Crippen molar-refractivity contribution in [2.75, 3.05) is 23.9 Å². The number of imide groups is 1. The van der Waals surface area contributed by atoms with Crippen molar-refractivity contribution in [1.82, 2.24) is 4.98 Å². The molecular formula is C22H19N3O3S2. The van der Waals surface area contributed by atoms with Crippen LogP contribution < -0.4 is 14.7 Å². The lowest BCUT2D eigenvalue weighted by Gasteiger charge is -2.30. The Balaban J connectivity index is 1.63. The number of H-pyrrole nitrogens is 1. The number of aromatic nitrogens is 1. The van der Waals surface area contributed by atoms with Crippen LogP contribution in [0.3, 0.4) is 0 Å². The van der Waals surface area contributed by atoms with Gasteiger partial charge in [0.25, 0.3) is 0 Å². The Morgan fingerprint density at radius 1 is 0.933 bits per heavy atom. The molecule has 0 radical (unpaired) electrons. The third-order valence-corrected chi connectivity index (χ3v) is 8.01. The molecule has 1 N–H and O–H groups in total. The molecule has 1 fully saturated rings. The number of benzene rings is 2. The first-order valence-corrected chi connectivity index (χ1v) is 11.2. The van der Waals surface area contributed by atoms with E-state index < -0.39 is 11.2 Å². The summed E-state index contributed by atoms with van der Waals surface area (Å²) >= 11 is 2.43. The van der Waals surface area contributed by atoms with Crippen molar-refractivity contribution in [3.8, 4) is 0 Å². The lowest BCUT2D eigenvalue weighted by Crippen LogP contribution is -2.32. The number of anilines is 2. The number of fused-ring (bicyclic) bond motifs is 2. The van der Waals surface area contributed by atoms with Crippen LogP contribution in [0.2, 0.25) is 0 Å². The van der Waals surface area contributed by atoms with Crippen molar-refractivity contribution < 1.29 is 9.59 Å². The fourth-order valence-corrected chi connectivity index (χ4v) is 6.70. The third kappa shape index (κ3) is 2.90. The molecule has 6 nitrogen and oxygen atoms in total. The zero-order valence-electron chi connectivity index (χ0n) is 16.4. The first-order valence-electron chi connectivity index (χ1n) is 9.55. The van der Waals surface area contributed by atoms with E-state index in [0.29, 0.717) is 10.7 Å². The van der Waals surface area contributed by atoms with Gasteiger partial charge in [-0.2, -0.15) is 0 Å². The minimum absolute atomic E-state index is 0.165. The molecule has 2 amide bonds. The highest BCUT2D eigenvalue weighted by atomic mass is 32.2. The number of thioether (sulfide) groups is 1. The van der Waals surface area contributed by atoms with Gasteiger partial charge in [-0.05, 0) is 29.8 Å². The topological polar surface area (TPSA) is 73.5 Å². The van der Waals surface area contributed by atoms with Crippen LogP contribution in [0.15, 0.2) is 64.4 Å². The number of carbonyl (C=O) groups is 2. The Morgan fingerprint density at radius 3 is 2.30 bits per heavy atom. The van der Waals surface area contributed by atoms with Gasteiger partial charge in [0.1, 0.15) is 5.25 Å². The molecule has 152 valence electrons. The van der Waals surface area contributed by atoms with Crippen molar-refractivity contribution in [3.05, 3.63) is 74.7 Å². The summed E-state index contributed by atoms with van der Waals surface area (Å²) in [6.45, 7) is 0. The summed E-state index contributed by atoms with van der Waals surface area (Å²) in [6.07, 6.45) is 0. The van der Waals surface area contributed by atoms with Crippen LogP contribution >= 0.6 is 23.1 Å². The predicted molar refractivity (Wildman–Crippen MR) is 120 cm³/mol. The fraction of sp³-hybridized carbons (Fsp3) is 0.227. The molecule has 2 aliphatic rings. The smallest absolute Gasteiger partial charge is 0.305 e. The molecule has 5 rings (SSSR count). The second-order valence-electron chi connectivity index (χ2n) is 7.58. The van der Waals surface area contributed by atoms with Gasteiger partial charge in [0.15, 0.2) is 0 Å². The Hall–Kier alpha value is -2.84. The minimum atomic E-state index is -0.561. The number of hydrogen-bond acceptors (Lipinski definition) is 6. The van der Waals surface area contributed by atoms with E-state index in [1.165, 1.54) is 16.7 Å². The standard InChI is InChI=1S/C22H19N3O3S2/c1-24(2)13-10-8-12(9-11-13)15-16-18(29-19-17(15)30-22(28)23-19)21(27)25(20(16)26)14-6-4-3-5-7-14/h3-11,15-16,18H,1-2H3,(H,23,28). The molecule has 3 atom stereocenters. The number of amides is 2. The van der Waals surface area contributed by atoms with E-state index >= 15 is 0 Å². The number of aromatic amines is 1. The fourth-order valence-electron chi connectivity index (χ4n) is 4.19. The van der Waals surface area contributed by atoms with Crippen LogP contribution in [0.25, 0.3) is 0 Å². The SMILES string of the molecule is CN(C)c1ccc(C2c3sc(=O)[nH]c3SC3C(=O)N(c4ccccc4)C(=O)C32)cc1. The molecule has 1 saturated heterocycles. The van der Waals surface area contributed by atoms with Crippen LogP contribution in [0.1, 0.15) is 16.4 Å². The molecule has 30 heavy (non-hydrogen) atoms. The average molecular weight is 438 g/mol. The highest BCUT2D eigenvalue weighted by Crippen LogP contribution is 2.53. The number of carbonyl (C=O) groups excluding carboxylic acids is 2. The zero-order chi connectivity index (χ0) is 21.0. The van der Waals surface area contributed by atoms with E-state index in [9.17, 15) is 14.4 Å². The number of thiazole rings is 1. The summed E-state index contributed by atoms with van der Waals surface area (Å²) in [5.74, 6) is -1.32. The van der Waals surface area contributed by atoms with E-state index in [4.69, 9.17) is 0 Å². The number of nitrogens with zero attached hydrogens (tertiary/aromatic N) is 2. The molecule has 0 saturated carbocycles. The summed E-state index contributed by atoms with van der Waals surface area (Å²) in [5.41, 5.74) is 2.56. The predicted octanol–water partition coefficient (Wildman–Crippen LogP) is 3.30. The molecule has 0 bridgehead atoms. The van der Waals surface area contributed by atoms with Gasteiger partial charge in [-0.1, -0.05) is 53.4 Å². The van der Waals surface area contributed by atoms with Gasteiger partial charge in [0, 0.05) is 30.6 Å². The summed E-state index contributed by atoms with van der Waals surface area (Å²) in [4.78, 5) is 45.8. The molecule has 0 spiro atoms. The van der Waals surface area contributed by atoms with Gasteiger partial charge < -0.3 is 9.88 Å². The molecule has 3 aromatic rings. The Labute approximate surface area is 181 Å². The lowest BCUT2D eigenvalue weighted by atomic mass is 9.83. The molecule has 3 unspecified atom stereocenters. The number of rotatable bonds is 3. The van der Waals surface area contributed by atoms with Crippen molar-refractivity contribution in [1.29, 1.82) is 0 Å². The molecule has 0 aliphatic carbocycles. The highest BCUT2D eigenvalue weighted by Gasteiger charge is 2.56. The maximum absolute atomic E-state index is 13.5. The van der Waals surface area contributed by atoms with Crippen molar-refractivity contribution in [2.45, 2.75) is 16.2 Å². The first-order chi connectivity index (χ1) is 14.5. The van der Waals surface area contributed by atoms with Gasteiger partial charge in [0.05, 0.1) is 16.6 Å². The first kappa shape index (κ1) is 19.1. The van der Waals surface area contributed by atoms with Gasteiger partial charge >= 0.3 is 4.87 Å². The maximum Gasteiger partial charge on any atom is 0.305 e. The molecule has 2 aliphatic heterocycles. The van der Waals surface area contributed by atoms with Crippen LogP contribution in [0.4, 0.5) is 11.4 Å². The lowest BCUT2D eigenvalue weighted by molar-refractivity contribution is -0.122. The van der Waals surface area contributed by atoms with E-state index in [1.807, 2.05) is 61.5 Å². The maximum atomic E-state index is 13.5. The van der Waals surface area contributed by atoms with Gasteiger partial charge in [0.2, 0.25) is 11.8 Å². The average Bonchev–Trinajstić information content (AvgIpc) is 3.23. The Kier molecular flexibility index (Phi) is 4.56. The molecule has 2 aromatic carbocycles. The number of para-hydroxylation sites is 1. The molecule has 8 heteroatoms. The van der Waals surface area contributed by atoms with Crippen molar-refractivity contribution >= 4 is 46.3 Å². The third-order valence-electron chi connectivity index (χ3n) is 5.61. The van der Waals surface area contributed by atoms with Gasteiger partial charge in [-0.15, -0.1) is 0 Å². The van der Waals surface area contributed by atoms with Gasteiger partial charge in [-0.3, -0.25) is 14.4 Å². The Bertz CT molecular complexity index is 1180. The van der Waals surface area contributed by atoms with Crippen molar-refractivity contribution in [3.63, 3.8) is 0 Å². The summed E-state index contributed by atoms with van der Waals surface area (Å²) in [5, 5.41) is 0.137. The van der Waals surface area contributed by atoms with Crippen LogP contribution in [0, 0.1) is 5.92 Å². The van der Waals surface area contributed by atoms with E-state index in [0.717, 1.165) is 27.5 Å².